The van der Waals surface area contributed by atoms with E-state index in [0.29, 0.717) is 13.1 Å². The summed E-state index contributed by atoms with van der Waals surface area (Å²) in [5, 5.41) is 9.38. The van der Waals surface area contributed by atoms with Crippen LogP contribution >= 0.6 is 0 Å². The number of nitrogens with one attached hydrogen (secondary N) is 1. The summed E-state index contributed by atoms with van der Waals surface area (Å²) in [6, 6.07) is 8.36. The van der Waals surface area contributed by atoms with Crippen LogP contribution in [-0.2, 0) is 31.4 Å². The van der Waals surface area contributed by atoms with Crippen molar-refractivity contribution in [1.82, 2.24) is 18.4 Å². The van der Waals surface area contributed by atoms with Crippen LogP contribution in [0.1, 0.15) is 44.6 Å². The van der Waals surface area contributed by atoms with Crippen LogP contribution in [0.3, 0.4) is 0 Å². The molecule has 1 amide bonds. The number of piperazine rings is 1. The summed E-state index contributed by atoms with van der Waals surface area (Å²) in [6.45, 7) is 3.22. The molecule has 3 rings (SSSR count). The highest BCUT2D eigenvalue weighted by atomic mass is 32.2. The van der Waals surface area contributed by atoms with Crippen LogP contribution in [0.2, 0.25) is 0 Å². The fourth-order valence-corrected chi connectivity index (χ4v) is 8.12. The summed E-state index contributed by atoms with van der Waals surface area (Å²) in [5.41, 5.74) is 3.83. The SMILES string of the molecule is CCCCCc1ccc(N2CCN(S(=O)(=O)C3(C(=O)NO)CCN(S(=O)(=O)N(C)C)CC3)CC2)cc1. The number of nitrogens with zero attached hydrogens (tertiary/aromatic N) is 4. The number of hydroxylamine groups is 1. The highest BCUT2D eigenvalue weighted by Gasteiger charge is 2.56. The summed E-state index contributed by atoms with van der Waals surface area (Å²) in [6.07, 6.45) is 4.11. The molecule has 1 aromatic carbocycles. The van der Waals surface area contributed by atoms with Gasteiger partial charge in [0.05, 0.1) is 0 Å². The summed E-state index contributed by atoms with van der Waals surface area (Å²) in [7, 11) is -5.12. The fourth-order valence-electron chi connectivity index (χ4n) is 4.90. The largest absolute Gasteiger partial charge is 0.369 e. The Morgan fingerprint density at radius 3 is 2.03 bits per heavy atom. The maximum atomic E-state index is 13.7. The highest BCUT2D eigenvalue weighted by Crippen LogP contribution is 2.35. The Bertz CT molecular complexity index is 1090. The number of anilines is 1. The molecule has 13 heteroatoms. The lowest BCUT2D eigenvalue weighted by Gasteiger charge is -2.44. The molecule has 0 aliphatic carbocycles. The van der Waals surface area contributed by atoms with Gasteiger partial charge in [0.1, 0.15) is 0 Å². The molecule has 0 atom stereocenters. The van der Waals surface area contributed by atoms with Gasteiger partial charge in [0.25, 0.3) is 16.1 Å². The third-order valence-corrected chi connectivity index (χ3v) is 11.8. The molecular formula is C23H39N5O6S2. The molecule has 2 aliphatic heterocycles. The number of benzene rings is 1. The second-order valence-corrected chi connectivity index (χ2v) is 14.0. The molecule has 0 aromatic heterocycles. The molecule has 2 fully saturated rings. The van der Waals surface area contributed by atoms with E-state index in [1.165, 1.54) is 42.3 Å². The highest BCUT2D eigenvalue weighted by molar-refractivity contribution is 7.91. The first-order valence-electron chi connectivity index (χ1n) is 12.5. The van der Waals surface area contributed by atoms with Gasteiger partial charge >= 0.3 is 0 Å². The van der Waals surface area contributed by atoms with Crippen LogP contribution in [-0.4, -0.2) is 99.0 Å². The van der Waals surface area contributed by atoms with Crippen molar-refractivity contribution in [3.8, 4) is 0 Å². The molecule has 0 spiro atoms. The van der Waals surface area contributed by atoms with Crippen molar-refractivity contribution in [2.75, 3.05) is 58.3 Å². The summed E-state index contributed by atoms with van der Waals surface area (Å²) in [5.74, 6) is -1.02. The molecule has 2 saturated heterocycles. The van der Waals surface area contributed by atoms with Crippen LogP contribution in [0.5, 0.6) is 0 Å². The van der Waals surface area contributed by atoms with Gasteiger partial charge in [-0.15, -0.1) is 0 Å². The van der Waals surface area contributed by atoms with E-state index in [2.05, 4.69) is 36.1 Å². The van der Waals surface area contributed by atoms with Gasteiger partial charge in [0.15, 0.2) is 4.75 Å². The molecule has 204 valence electrons. The number of carbonyl (C=O) groups excluding carboxylic acids is 1. The zero-order valence-electron chi connectivity index (χ0n) is 21.4. The average Bonchev–Trinajstić information content (AvgIpc) is 2.88. The van der Waals surface area contributed by atoms with Crippen molar-refractivity contribution in [3.63, 3.8) is 0 Å². The van der Waals surface area contributed by atoms with Crippen molar-refractivity contribution in [2.24, 2.45) is 0 Å². The van der Waals surface area contributed by atoms with E-state index in [1.54, 1.807) is 0 Å². The molecule has 36 heavy (non-hydrogen) atoms. The van der Waals surface area contributed by atoms with Crippen LogP contribution in [0, 0.1) is 0 Å². The minimum absolute atomic E-state index is 0.141. The molecule has 1 aromatic rings. The minimum atomic E-state index is -4.17. The van der Waals surface area contributed by atoms with Gasteiger partial charge in [-0.1, -0.05) is 31.9 Å². The third kappa shape index (κ3) is 5.70. The summed E-state index contributed by atoms with van der Waals surface area (Å²) >= 11 is 0. The summed E-state index contributed by atoms with van der Waals surface area (Å²) in [4.78, 5) is 14.8. The number of hydrogen-bond acceptors (Lipinski definition) is 7. The van der Waals surface area contributed by atoms with E-state index >= 15 is 0 Å². The number of unbranched alkanes of at least 4 members (excludes halogenated alkanes) is 2. The second kappa shape index (κ2) is 11.7. The third-order valence-electron chi connectivity index (χ3n) is 7.28. The Balaban J connectivity index is 1.69. The van der Waals surface area contributed by atoms with E-state index < -0.39 is 30.9 Å². The molecule has 0 radical (unpaired) electrons. The first-order chi connectivity index (χ1) is 17.0. The molecule has 2 heterocycles. The van der Waals surface area contributed by atoms with Gasteiger partial charge in [-0.2, -0.15) is 21.3 Å². The molecular weight excluding hydrogens is 506 g/mol. The van der Waals surface area contributed by atoms with Crippen molar-refractivity contribution in [2.45, 2.75) is 50.2 Å². The van der Waals surface area contributed by atoms with Gasteiger partial charge in [0.2, 0.25) is 10.0 Å². The van der Waals surface area contributed by atoms with Crippen molar-refractivity contribution < 1.29 is 26.8 Å². The van der Waals surface area contributed by atoms with E-state index in [1.807, 2.05) is 0 Å². The maximum absolute atomic E-state index is 13.7. The van der Waals surface area contributed by atoms with Gasteiger partial charge in [-0.25, -0.2) is 13.9 Å². The quantitative estimate of drug-likeness (QED) is 0.255. The van der Waals surface area contributed by atoms with E-state index in [4.69, 9.17) is 0 Å². The van der Waals surface area contributed by atoms with Gasteiger partial charge in [0, 0.05) is 59.1 Å². The monoisotopic (exact) mass is 545 g/mol. The lowest BCUT2D eigenvalue weighted by Crippen LogP contribution is -2.64. The Hall–Kier alpha value is -1.77. The zero-order valence-corrected chi connectivity index (χ0v) is 23.0. The first kappa shape index (κ1) is 28.8. The van der Waals surface area contributed by atoms with Crippen molar-refractivity contribution >= 4 is 31.8 Å². The number of hydrogen-bond donors (Lipinski definition) is 2. The van der Waals surface area contributed by atoms with E-state index in [9.17, 15) is 26.8 Å². The second-order valence-electron chi connectivity index (χ2n) is 9.64. The minimum Gasteiger partial charge on any atom is -0.369 e. The molecule has 0 saturated carbocycles. The van der Waals surface area contributed by atoms with E-state index in [0.717, 1.165) is 27.1 Å². The van der Waals surface area contributed by atoms with Crippen molar-refractivity contribution in [1.29, 1.82) is 0 Å². The normalized spacial score (nSPS) is 20.0. The summed E-state index contributed by atoms with van der Waals surface area (Å²) < 4.78 is 54.0. The molecule has 11 nitrogen and oxygen atoms in total. The number of sulfonamides is 1. The smallest absolute Gasteiger partial charge is 0.281 e. The molecule has 2 aliphatic rings. The average molecular weight is 546 g/mol. The predicted octanol–water partition coefficient (Wildman–Crippen LogP) is 1.02. The van der Waals surface area contributed by atoms with Gasteiger partial charge in [-0.3, -0.25) is 10.0 Å². The fraction of sp³-hybridized carbons (Fsp3) is 0.696. The standard InChI is InChI=1S/C23H39N5O6S2/c1-4-5-6-7-20-8-10-21(11-9-20)26-16-18-27(19-17-26)35(31,32)23(22(29)24-30)12-14-28(15-13-23)36(33,34)25(2)3/h8-11,30H,4-7,12-19H2,1-3H3,(H,24,29). The lowest BCUT2D eigenvalue weighted by molar-refractivity contribution is -0.133. The topological polar surface area (TPSA) is 131 Å². The maximum Gasteiger partial charge on any atom is 0.281 e. The van der Waals surface area contributed by atoms with Crippen LogP contribution in [0.15, 0.2) is 24.3 Å². The van der Waals surface area contributed by atoms with Gasteiger partial charge in [-0.05, 0) is 43.4 Å². The first-order valence-corrected chi connectivity index (χ1v) is 15.3. The Morgan fingerprint density at radius 2 is 1.53 bits per heavy atom. The Morgan fingerprint density at radius 1 is 0.944 bits per heavy atom. The van der Waals surface area contributed by atoms with Crippen LogP contribution in [0.4, 0.5) is 5.69 Å². The molecule has 2 N–H and O–H groups in total. The van der Waals surface area contributed by atoms with E-state index in [-0.39, 0.29) is 39.0 Å². The number of amides is 1. The number of carbonyl (C=O) groups is 1. The lowest BCUT2D eigenvalue weighted by atomic mass is 9.96. The Kier molecular flexibility index (Phi) is 9.39. The van der Waals surface area contributed by atoms with Crippen LogP contribution < -0.4 is 10.4 Å². The number of rotatable bonds is 10. The van der Waals surface area contributed by atoms with Crippen LogP contribution in [0.25, 0.3) is 0 Å². The zero-order chi connectivity index (χ0) is 26.6. The predicted molar refractivity (Wildman–Crippen MR) is 138 cm³/mol. The van der Waals surface area contributed by atoms with Gasteiger partial charge < -0.3 is 4.90 Å². The number of piperidine rings is 1. The van der Waals surface area contributed by atoms with Crippen molar-refractivity contribution in [3.05, 3.63) is 29.8 Å². The molecule has 0 unspecified atom stereocenters. The molecule has 0 bridgehead atoms. The Labute approximate surface area is 215 Å². The number of aryl methyl sites for hydroxylation is 1.